The van der Waals surface area contributed by atoms with Crippen LogP contribution in [0.15, 0.2) is 65.1 Å². The molecule has 1 aliphatic rings. The average molecular weight is 361 g/mol. The molecule has 2 aromatic carbocycles. The van der Waals surface area contributed by atoms with E-state index >= 15 is 0 Å². The molecule has 0 radical (unpaired) electrons. The second kappa shape index (κ2) is 7.37. The van der Waals surface area contributed by atoms with Crippen LogP contribution in [0, 0.1) is 12.8 Å². The van der Waals surface area contributed by atoms with Crippen molar-refractivity contribution in [3.8, 4) is 11.5 Å². The molecule has 27 heavy (non-hydrogen) atoms. The van der Waals surface area contributed by atoms with Crippen LogP contribution in [0.2, 0.25) is 0 Å². The highest BCUT2D eigenvalue weighted by Gasteiger charge is 2.37. The first-order chi connectivity index (χ1) is 13.2. The second-order valence-electron chi connectivity index (χ2n) is 7.01. The molecule has 2 atom stereocenters. The summed E-state index contributed by atoms with van der Waals surface area (Å²) in [5, 5.41) is 0. The smallest absolute Gasteiger partial charge is 0.276 e. The summed E-state index contributed by atoms with van der Waals surface area (Å²) in [5.41, 5.74) is 8.48. The van der Waals surface area contributed by atoms with E-state index in [0.29, 0.717) is 37.0 Å². The molecule has 0 bridgehead atoms. The van der Waals surface area contributed by atoms with Gasteiger partial charge in [0.2, 0.25) is 5.89 Å². The number of rotatable bonds is 4. The number of carbonyl (C=O) groups excluding carboxylic acids is 1. The van der Waals surface area contributed by atoms with Crippen LogP contribution in [0.4, 0.5) is 0 Å². The van der Waals surface area contributed by atoms with Crippen molar-refractivity contribution in [3.05, 3.63) is 77.7 Å². The normalized spacial score (nSPS) is 19.4. The molecule has 1 fully saturated rings. The molecule has 138 valence electrons. The number of aromatic nitrogens is 1. The van der Waals surface area contributed by atoms with Crippen molar-refractivity contribution < 1.29 is 9.21 Å². The second-order valence-corrected chi connectivity index (χ2v) is 7.01. The fourth-order valence-electron chi connectivity index (χ4n) is 3.80. The topological polar surface area (TPSA) is 72.4 Å². The third kappa shape index (κ3) is 3.38. The number of aryl methyl sites for hydroxylation is 1. The summed E-state index contributed by atoms with van der Waals surface area (Å²) in [7, 11) is 0. The van der Waals surface area contributed by atoms with Gasteiger partial charge in [0.05, 0.1) is 0 Å². The lowest BCUT2D eigenvalue weighted by molar-refractivity contribution is 0.0779. The predicted molar refractivity (Wildman–Crippen MR) is 104 cm³/mol. The maximum atomic E-state index is 13.1. The van der Waals surface area contributed by atoms with Gasteiger partial charge in [-0.1, -0.05) is 48.5 Å². The van der Waals surface area contributed by atoms with Crippen LogP contribution < -0.4 is 5.73 Å². The first kappa shape index (κ1) is 17.5. The monoisotopic (exact) mass is 361 g/mol. The largest absolute Gasteiger partial charge is 0.441 e. The minimum atomic E-state index is -0.0877. The van der Waals surface area contributed by atoms with Gasteiger partial charge < -0.3 is 15.1 Å². The lowest BCUT2D eigenvalue weighted by Crippen LogP contribution is -2.30. The first-order valence-corrected chi connectivity index (χ1v) is 9.24. The van der Waals surface area contributed by atoms with E-state index in [0.717, 1.165) is 5.56 Å². The van der Waals surface area contributed by atoms with Crippen molar-refractivity contribution in [3.63, 3.8) is 0 Å². The van der Waals surface area contributed by atoms with Crippen LogP contribution in [0.25, 0.3) is 11.5 Å². The lowest BCUT2D eigenvalue weighted by Gasteiger charge is -2.16. The Balaban J connectivity index is 1.58. The zero-order valence-electron chi connectivity index (χ0n) is 15.3. The molecule has 0 aliphatic carbocycles. The average Bonchev–Trinajstić information content (AvgIpc) is 3.33. The van der Waals surface area contributed by atoms with Crippen molar-refractivity contribution in [1.82, 2.24) is 9.88 Å². The Hall–Kier alpha value is -2.92. The van der Waals surface area contributed by atoms with E-state index in [1.165, 1.54) is 5.56 Å². The van der Waals surface area contributed by atoms with Crippen molar-refractivity contribution in [2.24, 2.45) is 11.7 Å². The van der Waals surface area contributed by atoms with Gasteiger partial charge in [-0.25, -0.2) is 4.98 Å². The van der Waals surface area contributed by atoms with Crippen LogP contribution >= 0.6 is 0 Å². The summed E-state index contributed by atoms with van der Waals surface area (Å²) in [5.74, 6) is 1.44. The van der Waals surface area contributed by atoms with Crippen molar-refractivity contribution >= 4 is 5.91 Å². The van der Waals surface area contributed by atoms with Gasteiger partial charge in [-0.15, -0.1) is 0 Å². The van der Waals surface area contributed by atoms with E-state index in [4.69, 9.17) is 10.2 Å². The third-order valence-corrected chi connectivity index (χ3v) is 5.28. The Morgan fingerprint density at radius 3 is 2.44 bits per heavy atom. The van der Waals surface area contributed by atoms with Gasteiger partial charge in [0.25, 0.3) is 5.91 Å². The molecule has 5 nitrogen and oxygen atoms in total. The zero-order chi connectivity index (χ0) is 18.8. The molecule has 4 rings (SSSR count). The molecule has 1 amide bonds. The Labute approximate surface area is 158 Å². The number of nitrogens with zero attached hydrogens (tertiary/aromatic N) is 2. The van der Waals surface area contributed by atoms with Gasteiger partial charge in [0.15, 0.2) is 5.69 Å². The molecule has 0 spiro atoms. The SMILES string of the molecule is Cc1oc(-c2ccccc2)nc1C(=O)N1C[C@@H](CN)[C@H](c2ccccc2)C1. The maximum Gasteiger partial charge on any atom is 0.276 e. The van der Waals surface area contributed by atoms with Crippen LogP contribution in [0.3, 0.4) is 0 Å². The van der Waals surface area contributed by atoms with Gasteiger partial charge >= 0.3 is 0 Å². The molecular formula is C22H23N3O2. The van der Waals surface area contributed by atoms with Crippen LogP contribution in [-0.4, -0.2) is 35.4 Å². The number of amides is 1. The van der Waals surface area contributed by atoms with Crippen LogP contribution in [0.5, 0.6) is 0 Å². The molecular weight excluding hydrogens is 338 g/mol. The number of likely N-dealkylation sites (tertiary alicyclic amines) is 1. The summed E-state index contributed by atoms with van der Waals surface area (Å²) in [6.45, 7) is 3.63. The molecule has 1 saturated heterocycles. The highest BCUT2D eigenvalue weighted by atomic mass is 16.4. The Kier molecular flexibility index (Phi) is 4.77. The molecule has 3 aromatic rings. The number of nitrogens with two attached hydrogens (primary N) is 1. The molecule has 1 aromatic heterocycles. The number of oxazole rings is 1. The first-order valence-electron chi connectivity index (χ1n) is 9.24. The van der Waals surface area contributed by atoms with E-state index < -0.39 is 0 Å². The minimum absolute atomic E-state index is 0.0877. The Bertz CT molecular complexity index is 921. The Morgan fingerprint density at radius 2 is 1.78 bits per heavy atom. The fourth-order valence-corrected chi connectivity index (χ4v) is 3.80. The van der Waals surface area contributed by atoms with Gasteiger partial charge in [0, 0.05) is 24.6 Å². The highest BCUT2D eigenvalue weighted by molar-refractivity contribution is 5.94. The molecule has 0 unspecified atom stereocenters. The third-order valence-electron chi connectivity index (χ3n) is 5.28. The van der Waals surface area contributed by atoms with E-state index in [9.17, 15) is 4.79 Å². The summed E-state index contributed by atoms with van der Waals surface area (Å²) in [6, 6.07) is 19.9. The van der Waals surface area contributed by atoms with Crippen molar-refractivity contribution in [1.29, 1.82) is 0 Å². The standard InChI is InChI=1S/C22H23N3O2/c1-15-20(24-21(27-15)17-10-6-3-7-11-17)22(26)25-13-18(12-23)19(14-25)16-8-4-2-5-9-16/h2-11,18-19H,12-14,23H2,1H3/t18-,19+/m1/s1. The van der Waals surface area contributed by atoms with E-state index in [-0.39, 0.29) is 17.7 Å². The summed E-state index contributed by atoms with van der Waals surface area (Å²) in [4.78, 5) is 19.5. The highest BCUT2D eigenvalue weighted by Crippen LogP contribution is 2.33. The molecule has 5 heteroatoms. The molecule has 2 heterocycles. The number of benzene rings is 2. The van der Waals surface area contributed by atoms with Gasteiger partial charge in [-0.2, -0.15) is 0 Å². The summed E-state index contributed by atoms with van der Waals surface area (Å²) < 4.78 is 5.76. The van der Waals surface area contributed by atoms with E-state index in [2.05, 4.69) is 17.1 Å². The number of carbonyl (C=O) groups is 1. The van der Waals surface area contributed by atoms with Crippen LogP contribution in [0.1, 0.15) is 27.7 Å². The van der Waals surface area contributed by atoms with E-state index in [1.807, 2.05) is 53.4 Å². The van der Waals surface area contributed by atoms with Crippen LogP contribution in [-0.2, 0) is 0 Å². The van der Waals surface area contributed by atoms with Crippen molar-refractivity contribution in [2.45, 2.75) is 12.8 Å². The van der Waals surface area contributed by atoms with Crippen molar-refractivity contribution in [2.75, 3.05) is 19.6 Å². The molecule has 1 aliphatic heterocycles. The number of hydrogen-bond donors (Lipinski definition) is 1. The van der Waals surface area contributed by atoms with Gasteiger partial charge in [-0.3, -0.25) is 4.79 Å². The molecule has 0 saturated carbocycles. The van der Waals surface area contributed by atoms with Gasteiger partial charge in [-0.05, 0) is 37.1 Å². The fraction of sp³-hybridized carbons (Fsp3) is 0.273. The lowest BCUT2D eigenvalue weighted by atomic mass is 9.89. The summed E-state index contributed by atoms with van der Waals surface area (Å²) >= 11 is 0. The Morgan fingerprint density at radius 1 is 1.11 bits per heavy atom. The predicted octanol–water partition coefficient (Wildman–Crippen LogP) is 3.46. The summed E-state index contributed by atoms with van der Waals surface area (Å²) in [6.07, 6.45) is 0. The maximum absolute atomic E-state index is 13.1. The molecule has 2 N–H and O–H groups in total. The van der Waals surface area contributed by atoms with Gasteiger partial charge in [0.1, 0.15) is 5.76 Å². The zero-order valence-corrected chi connectivity index (χ0v) is 15.3. The quantitative estimate of drug-likeness (QED) is 0.772. The van der Waals surface area contributed by atoms with E-state index in [1.54, 1.807) is 6.92 Å². The number of hydrogen-bond acceptors (Lipinski definition) is 4. The minimum Gasteiger partial charge on any atom is -0.441 e.